The molecule has 0 heterocycles. The second kappa shape index (κ2) is 17.7. The van der Waals surface area contributed by atoms with Crippen LogP contribution in [0.4, 0.5) is 0 Å². The summed E-state index contributed by atoms with van der Waals surface area (Å²) in [4.78, 5) is 11.8. The minimum Gasteiger partial charge on any atom is -0.356 e. The zero-order valence-corrected chi connectivity index (χ0v) is 16.6. The molecule has 0 saturated carbocycles. The molecule has 0 fully saturated rings. The number of carbonyl (C=O) groups excluding carboxylic acids is 1. The van der Waals surface area contributed by atoms with Crippen molar-refractivity contribution in [2.45, 2.75) is 46.0 Å². The van der Waals surface area contributed by atoms with E-state index >= 15 is 0 Å². The van der Waals surface area contributed by atoms with Gasteiger partial charge in [-0.1, -0.05) is 54.1 Å². The van der Waals surface area contributed by atoms with Crippen LogP contribution in [0.5, 0.6) is 0 Å². The first-order chi connectivity index (χ1) is 12.8. The van der Waals surface area contributed by atoms with Crippen LogP contribution in [0.25, 0.3) is 0 Å². The highest BCUT2D eigenvalue weighted by molar-refractivity contribution is 5.75. The van der Waals surface area contributed by atoms with E-state index in [0.29, 0.717) is 6.42 Å². The Balaban J connectivity index is 0.00000301. The number of hydrogen-bond acceptors (Lipinski definition) is 2. The third-order valence-electron chi connectivity index (χ3n) is 3.91. The van der Waals surface area contributed by atoms with Crippen LogP contribution in [0.1, 0.15) is 45.1 Å². The number of aryl methyl sites for hydroxylation is 1. The predicted molar refractivity (Wildman–Crippen MR) is 114 cm³/mol. The van der Waals surface area contributed by atoms with Gasteiger partial charge in [0.05, 0.1) is 0 Å². The van der Waals surface area contributed by atoms with Crippen molar-refractivity contribution in [1.29, 1.82) is 0 Å². The van der Waals surface area contributed by atoms with Crippen molar-refractivity contribution >= 4 is 5.91 Å². The van der Waals surface area contributed by atoms with E-state index in [0.717, 1.165) is 45.3 Å². The largest absolute Gasteiger partial charge is 0.356 e. The minimum atomic E-state index is 0.138. The van der Waals surface area contributed by atoms with Crippen molar-refractivity contribution in [2.75, 3.05) is 19.6 Å². The van der Waals surface area contributed by atoms with Crippen LogP contribution in [0, 0.1) is 0 Å². The van der Waals surface area contributed by atoms with Crippen LogP contribution in [-0.4, -0.2) is 25.5 Å². The van der Waals surface area contributed by atoms with Crippen molar-refractivity contribution in [3.63, 3.8) is 0 Å². The van der Waals surface area contributed by atoms with Crippen LogP contribution in [-0.2, 0) is 11.2 Å². The van der Waals surface area contributed by atoms with Crippen LogP contribution in [0.3, 0.4) is 0 Å². The van der Waals surface area contributed by atoms with Gasteiger partial charge >= 0.3 is 0 Å². The van der Waals surface area contributed by atoms with Crippen molar-refractivity contribution in [3.05, 3.63) is 72.9 Å². The van der Waals surface area contributed by atoms with E-state index in [2.05, 4.69) is 73.2 Å². The van der Waals surface area contributed by atoms with Gasteiger partial charge in [0.25, 0.3) is 0 Å². The van der Waals surface area contributed by atoms with Gasteiger partial charge in [-0.2, -0.15) is 0 Å². The maximum atomic E-state index is 11.8. The summed E-state index contributed by atoms with van der Waals surface area (Å²) in [6, 6.07) is 10.5. The molecule has 0 aliphatic rings. The van der Waals surface area contributed by atoms with E-state index in [-0.39, 0.29) is 5.91 Å². The lowest BCUT2D eigenvalue weighted by Gasteiger charge is -2.07. The fourth-order valence-electron chi connectivity index (χ4n) is 2.54. The van der Waals surface area contributed by atoms with Crippen LogP contribution >= 0.6 is 0 Å². The van der Waals surface area contributed by atoms with Gasteiger partial charge in [-0.15, -0.1) is 13.2 Å². The molecule has 144 valence electrons. The summed E-state index contributed by atoms with van der Waals surface area (Å²) in [6.07, 6.45) is 11.0. The normalized spacial score (nSPS) is 11.1. The van der Waals surface area contributed by atoms with E-state index in [4.69, 9.17) is 0 Å². The molecule has 0 aliphatic carbocycles. The van der Waals surface area contributed by atoms with Gasteiger partial charge in [-0.25, -0.2) is 0 Å². The third kappa shape index (κ3) is 13.2. The van der Waals surface area contributed by atoms with Crippen LogP contribution < -0.4 is 10.6 Å². The average molecular weight is 357 g/mol. The number of amides is 1. The standard InChI is InChI=1S/C21H32N2O.C2H4/c1-3-10-19(4-2)13-9-17-23-21(24)15-18-22-16-8-14-20-11-6-5-7-12-20;1-2/h3-7,10-12,22H,8-9,13-18H2,1-2H3,(H,23,24);1-2H2/b10-3-,19-4+;. The summed E-state index contributed by atoms with van der Waals surface area (Å²) in [6.45, 7) is 12.5. The number of carbonyl (C=O) groups is 1. The van der Waals surface area contributed by atoms with Gasteiger partial charge in [-0.3, -0.25) is 4.79 Å². The predicted octanol–water partition coefficient (Wildman–Crippen LogP) is 4.82. The molecule has 1 amide bonds. The van der Waals surface area contributed by atoms with Crippen molar-refractivity contribution in [2.24, 2.45) is 0 Å². The highest BCUT2D eigenvalue weighted by Crippen LogP contribution is 2.05. The van der Waals surface area contributed by atoms with E-state index in [1.807, 2.05) is 13.0 Å². The highest BCUT2D eigenvalue weighted by Gasteiger charge is 2.00. The lowest BCUT2D eigenvalue weighted by atomic mass is 10.1. The van der Waals surface area contributed by atoms with E-state index < -0.39 is 0 Å². The maximum absolute atomic E-state index is 11.8. The van der Waals surface area contributed by atoms with Gasteiger partial charge in [0.15, 0.2) is 0 Å². The lowest BCUT2D eigenvalue weighted by Crippen LogP contribution is -2.28. The zero-order chi connectivity index (χ0) is 19.5. The van der Waals surface area contributed by atoms with Gasteiger partial charge in [0.2, 0.25) is 5.91 Å². The second-order valence-electron chi connectivity index (χ2n) is 5.91. The first-order valence-electron chi connectivity index (χ1n) is 9.55. The van der Waals surface area contributed by atoms with Gasteiger partial charge in [0, 0.05) is 19.5 Å². The Morgan fingerprint density at radius 3 is 2.38 bits per heavy atom. The molecular weight excluding hydrogens is 320 g/mol. The number of hydrogen-bond donors (Lipinski definition) is 2. The monoisotopic (exact) mass is 356 g/mol. The Morgan fingerprint density at radius 1 is 1.00 bits per heavy atom. The summed E-state index contributed by atoms with van der Waals surface area (Å²) in [7, 11) is 0. The minimum absolute atomic E-state index is 0.138. The first kappa shape index (κ1) is 23.9. The van der Waals surface area contributed by atoms with Gasteiger partial charge in [0.1, 0.15) is 0 Å². The topological polar surface area (TPSA) is 41.1 Å². The summed E-state index contributed by atoms with van der Waals surface area (Å²) in [5.41, 5.74) is 2.70. The molecule has 0 spiro atoms. The molecule has 0 aromatic heterocycles. The van der Waals surface area contributed by atoms with Crippen LogP contribution in [0.2, 0.25) is 0 Å². The number of nitrogens with one attached hydrogen (secondary N) is 2. The molecule has 26 heavy (non-hydrogen) atoms. The molecular formula is C23H36N2O. The van der Waals surface area contributed by atoms with Crippen molar-refractivity contribution in [1.82, 2.24) is 10.6 Å². The summed E-state index contributed by atoms with van der Waals surface area (Å²) < 4.78 is 0. The number of benzene rings is 1. The SMILES string of the molecule is C/C=C\C(=C/C)CCCNC(=O)CCNCCCc1ccccc1.C=C. The fraction of sp³-hybridized carbons (Fsp3) is 0.435. The average Bonchev–Trinajstić information content (AvgIpc) is 2.69. The Labute approximate surface area is 160 Å². The molecule has 3 nitrogen and oxygen atoms in total. The Bertz CT molecular complexity index is 520. The van der Waals surface area contributed by atoms with Gasteiger partial charge in [-0.05, 0) is 51.6 Å². The summed E-state index contributed by atoms with van der Waals surface area (Å²) in [5, 5.41) is 6.33. The molecule has 0 bridgehead atoms. The molecule has 0 saturated heterocycles. The Hall–Kier alpha value is -2.13. The molecule has 2 N–H and O–H groups in total. The molecule has 1 aromatic rings. The second-order valence-corrected chi connectivity index (χ2v) is 5.91. The molecule has 3 heteroatoms. The smallest absolute Gasteiger partial charge is 0.221 e. The van der Waals surface area contributed by atoms with Crippen molar-refractivity contribution < 1.29 is 4.79 Å². The molecule has 1 rings (SSSR count). The van der Waals surface area contributed by atoms with E-state index in [1.54, 1.807) is 0 Å². The molecule has 0 aliphatic heterocycles. The summed E-state index contributed by atoms with van der Waals surface area (Å²) >= 11 is 0. The Morgan fingerprint density at radius 2 is 1.73 bits per heavy atom. The Kier molecular flexibility index (Phi) is 16.2. The number of allylic oxidation sites excluding steroid dienone is 4. The molecule has 0 radical (unpaired) electrons. The lowest BCUT2D eigenvalue weighted by molar-refractivity contribution is -0.120. The van der Waals surface area contributed by atoms with E-state index in [1.165, 1.54) is 11.1 Å². The number of rotatable bonds is 12. The quantitative estimate of drug-likeness (QED) is 0.320. The van der Waals surface area contributed by atoms with Gasteiger partial charge < -0.3 is 10.6 Å². The van der Waals surface area contributed by atoms with E-state index in [9.17, 15) is 4.79 Å². The first-order valence-corrected chi connectivity index (χ1v) is 9.55. The maximum Gasteiger partial charge on any atom is 0.221 e. The fourth-order valence-corrected chi connectivity index (χ4v) is 2.54. The van der Waals surface area contributed by atoms with Crippen LogP contribution in [0.15, 0.2) is 67.3 Å². The summed E-state index contributed by atoms with van der Waals surface area (Å²) in [5.74, 6) is 0.138. The highest BCUT2D eigenvalue weighted by atomic mass is 16.1. The molecule has 1 aromatic carbocycles. The molecule has 0 unspecified atom stereocenters. The van der Waals surface area contributed by atoms with Crippen molar-refractivity contribution in [3.8, 4) is 0 Å². The third-order valence-corrected chi connectivity index (χ3v) is 3.91. The zero-order valence-electron chi connectivity index (χ0n) is 16.6. The molecule has 0 atom stereocenters.